The molecule has 0 fully saturated rings. The van der Waals surface area contributed by atoms with Crippen LogP contribution in [-0.4, -0.2) is 35.9 Å². The third-order valence-electron chi connectivity index (χ3n) is 2.47. The number of carboxylic acids is 1. The Labute approximate surface area is 121 Å². The highest BCUT2D eigenvalue weighted by Gasteiger charge is 2.31. The molecular weight excluding hydrogens is 298 g/mol. The normalized spacial score (nSPS) is 12.5. The molecule has 8 nitrogen and oxygen atoms in total. The summed E-state index contributed by atoms with van der Waals surface area (Å²) in [6.45, 7) is 2.66. The van der Waals surface area contributed by atoms with Crippen LogP contribution in [-0.2, 0) is 19.6 Å². The van der Waals surface area contributed by atoms with E-state index in [2.05, 4.69) is 9.71 Å². The maximum absolute atomic E-state index is 12.1. The van der Waals surface area contributed by atoms with Crippen LogP contribution in [0.2, 0.25) is 0 Å². The summed E-state index contributed by atoms with van der Waals surface area (Å²) in [5.74, 6) is -2.00. The lowest BCUT2D eigenvalue weighted by Gasteiger charge is -2.21. The van der Waals surface area contributed by atoms with Gasteiger partial charge in [0.05, 0.1) is 0 Å². The van der Waals surface area contributed by atoms with Crippen LogP contribution in [0.4, 0.5) is 0 Å². The first kappa shape index (κ1) is 16.8. The van der Waals surface area contributed by atoms with Crippen molar-refractivity contribution in [1.82, 2.24) is 9.71 Å². The molecule has 114 valence electrons. The number of carbonyl (C=O) groups is 2. The van der Waals surface area contributed by atoms with Crippen LogP contribution in [0.3, 0.4) is 0 Å². The SMILES string of the molecule is CC(C)(NS(=O)(=O)c1cncc(C=CC(=O)O)c1)C(N)=O. The molecule has 0 aliphatic rings. The highest BCUT2D eigenvalue weighted by molar-refractivity contribution is 7.89. The van der Waals surface area contributed by atoms with Crippen LogP contribution in [0.1, 0.15) is 19.4 Å². The van der Waals surface area contributed by atoms with Crippen molar-refractivity contribution >= 4 is 28.0 Å². The molecule has 0 spiro atoms. The fourth-order valence-electron chi connectivity index (χ4n) is 1.29. The summed E-state index contributed by atoms with van der Waals surface area (Å²) in [7, 11) is -4.02. The summed E-state index contributed by atoms with van der Waals surface area (Å²) in [5, 5.41) is 8.53. The van der Waals surface area contributed by atoms with Crippen molar-refractivity contribution in [1.29, 1.82) is 0 Å². The quantitative estimate of drug-likeness (QED) is 0.617. The number of aliphatic carboxylic acids is 1. The van der Waals surface area contributed by atoms with E-state index in [1.54, 1.807) is 0 Å². The number of carbonyl (C=O) groups excluding carboxylic acids is 1. The smallest absolute Gasteiger partial charge is 0.328 e. The average molecular weight is 313 g/mol. The molecule has 0 bridgehead atoms. The van der Waals surface area contributed by atoms with Crippen molar-refractivity contribution < 1.29 is 23.1 Å². The van der Waals surface area contributed by atoms with Crippen molar-refractivity contribution in [3.8, 4) is 0 Å². The number of hydrogen-bond acceptors (Lipinski definition) is 5. The van der Waals surface area contributed by atoms with Crippen molar-refractivity contribution in [3.63, 3.8) is 0 Å². The van der Waals surface area contributed by atoms with E-state index in [4.69, 9.17) is 10.8 Å². The second-order valence-electron chi connectivity index (χ2n) is 4.72. The predicted octanol–water partition coefficient (Wildman–Crippen LogP) is -0.278. The Morgan fingerprint density at radius 3 is 2.52 bits per heavy atom. The van der Waals surface area contributed by atoms with Gasteiger partial charge in [0.25, 0.3) is 0 Å². The molecular formula is C12H15N3O5S. The van der Waals surface area contributed by atoms with Gasteiger partial charge in [-0.3, -0.25) is 9.78 Å². The van der Waals surface area contributed by atoms with Crippen LogP contribution in [0.25, 0.3) is 6.08 Å². The minimum absolute atomic E-state index is 0.204. The minimum atomic E-state index is -4.02. The molecule has 1 heterocycles. The molecule has 0 aliphatic heterocycles. The first-order valence-corrected chi connectivity index (χ1v) is 7.23. The molecule has 0 saturated carbocycles. The topological polar surface area (TPSA) is 139 Å². The van der Waals surface area contributed by atoms with Crippen molar-refractivity contribution in [2.75, 3.05) is 0 Å². The third kappa shape index (κ3) is 4.65. The number of carboxylic acid groups (broad SMARTS) is 1. The van der Waals surface area contributed by atoms with Gasteiger partial charge in [-0.2, -0.15) is 4.72 Å². The van der Waals surface area contributed by atoms with E-state index in [0.29, 0.717) is 0 Å². The largest absolute Gasteiger partial charge is 0.478 e. The monoisotopic (exact) mass is 313 g/mol. The first-order chi connectivity index (χ1) is 9.54. The molecule has 9 heteroatoms. The van der Waals surface area contributed by atoms with Gasteiger partial charge in [0.15, 0.2) is 0 Å². The molecule has 0 unspecified atom stereocenters. The van der Waals surface area contributed by atoms with Crippen LogP contribution >= 0.6 is 0 Å². The molecule has 1 rings (SSSR count). The Morgan fingerprint density at radius 1 is 1.38 bits per heavy atom. The van der Waals surface area contributed by atoms with E-state index in [0.717, 1.165) is 12.3 Å². The van der Waals surface area contributed by atoms with Gasteiger partial charge < -0.3 is 10.8 Å². The Bertz CT molecular complexity index is 695. The predicted molar refractivity (Wildman–Crippen MR) is 74.5 cm³/mol. The summed E-state index contributed by atoms with van der Waals surface area (Å²) in [6, 6.07) is 1.23. The van der Waals surface area contributed by atoms with Crippen LogP contribution < -0.4 is 10.5 Å². The number of nitrogens with two attached hydrogens (primary N) is 1. The van der Waals surface area contributed by atoms with Gasteiger partial charge >= 0.3 is 5.97 Å². The zero-order chi connectivity index (χ0) is 16.3. The van der Waals surface area contributed by atoms with E-state index in [1.165, 1.54) is 32.2 Å². The fraction of sp³-hybridized carbons (Fsp3) is 0.250. The lowest BCUT2D eigenvalue weighted by Crippen LogP contribution is -2.52. The fourth-order valence-corrected chi connectivity index (χ4v) is 2.67. The molecule has 0 aliphatic carbocycles. The van der Waals surface area contributed by atoms with Gasteiger partial charge in [-0.25, -0.2) is 13.2 Å². The van der Waals surface area contributed by atoms with Gasteiger partial charge in [-0.05, 0) is 31.6 Å². The van der Waals surface area contributed by atoms with E-state index < -0.39 is 27.4 Å². The number of nitrogens with one attached hydrogen (secondary N) is 1. The van der Waals surface area contributed by atoms with E-state index in [1.807, 2.05) is 0 Å². The summed E-state index contributed by atoms with van der Waals surface area (Å²) in [4.78, 5) is 25.1. The molecule has 0 aromatic carbocycles. The summed E-state index contributed by atoms with van der Waals surface area (Å²) < 4.78 is 26.4. The number of nitrogens with zero attached hydrogens (tertiary/aromatic N) is 1. The number of aromatic nitrogens is 1. The van der Waals surface area contributed by atoms with Gasteiger partial charge in [-0.1, -0.05) is 0 Å². The lowest BCUT2D eigenvalue weighted by atomic mass is 10.1. The Hall–Kier alpha value is -2.26. The molecule has 0 saturated heterocycles. The van der Waals surface area contributed by atoms with Crippen LogP contribution in [0.5, 0.6) is 0 Å². The van der Waals surface area contributed by atoms with Crippen molar-refractivity contribution in [2.45, 2.75) is 24.3 Å². The molecule has 0 atom stereocenters. The van der Waals surface area contributed by atoms with E-state index in [9.17, 15) is 18.0 Å². The molecule has 4 N–H and O–H groups in total. The third-order valence-corrected chi connectivity index (χ3v) is 4.09. The highest BCUT2D eigenvalue weighted by Crippen LogP contribution is 2.14. The number of amides is 1. The van der Waals surface area contributed by atoms with Crippen LogP contribution in [0, 0.1) is 0 Å². The van der Waals surface area contributed by atoms with Crippen molar-refractivity contribution in [2.24, 2.45) is 5.73 Å². The van der Waals surface area contributed by atoms with Gasteiger partial charge in [0.2, 0.25) is 15.9 Å². The standard InChI is InChI=1S/C12H15N3O5S/c1-12(2,11(13)18)15-21(19,20)9-5-8(6-14-7-9)3-4-10(16)17/h3-7,15H,1-2H3,(H2,13,18)(H,16,17). The number of hydrogen-bond donors (Lipinski definition) is 3. The lowest BCUT2D eigenvalue weighted by molar-refractivity contribution is -0.131. The number of primary amides is 1. The summed E-state index contributed by atoms with van der Waals surface area (Å²) in [6.07, 6.45) is 4.44. The van der Waals surface area contributed by atoms with E-state index in [-0.39, 0.29) is 10.5 Å². The number of pyridine rings is 1. The minimum Gasteiger partial charge on any atom is -0.478 e. The first-order valence-electron chi connectivity index (χ1n) is 5.74. The van der Waals surface area contributed by atoms with Gasteiger partial charge in [0.1, 0.15) is 10.4 Å². The van der Waals surface area contributed by atoms with Crippen LogP contribution in [0.15, 0.2) is 29.4 Å². The van der Waals surface area contributed by atoms with Gasteiger partial charge in [0, 0.05) is 18.5 Å². The molecule has 1 amide bonds. The maximum atomic E-state index is 12.1. The zero-order valence-electron chi connectivity index (χ0n) is 11.4. The second kappa shape index (κ2) is 6.02. The summed E-state index contributed by atoms with van der Waals surface area (Å²) in [5.41, 5.74) is 3.93. The molecule has 1 aromatic rings. The van der Waals surface area contributed by atoms with E-state index >= 15 is 0 Å². The molecule has 1 aromatic heterocycles. The van der Waals surface area contributed by atoms with Crippen molar-refractivity contribution in [3.05, 3.63) is 30.1 Å². The second-order valence-corrected chi connectivity index (χ2v) is 6.40. The summed E-state index contributed by atoms with van der Waals surface area (Å²) >= 11 is 0. The number of sulfonamides is 1. The van der Waals surface area contributed by atoms with Gasteiger partial charge in [-0.15, -0.1) is 0 Å². The maximum Gasteiger partial charge on any atom is 0.328 e. The average Bonchev–Trinajstić information content (AvgIpc) is 2.35. The Morgan fingerprint density at radius 2 is 2.00 bits per heavy atom. The Balaban J connectivity index is 3.13. The molecule has 0 radical (unpaired) electrons. The number of rotatable bonds is 6. The zero-order valence-corrected chi connectivity index (χ0v) is 12.2. The highest BCUT2D eigenvalue weighted by atomic mass is 32.2. The Kier molecular flexibility index (Phi) is 4.81. The molecule has 21 heavy (non-hydrogen) atoms.